The van der Waals surface area contributed by atoms with E-state index in [2.05, 4.69) is 15.1 Å². The lowest BCUT2D eigenvalue weighted by molar-refractivity contribution is 0.299. The highest BCUT2D eigenvalue weighted by atomic mass is 19.1. The van der Waals surface area contributed by atoms with E-state index >= 15 is 0 Å². The molecule has 3 rings (SSSR count). The van der Waals surface area contributed by atoms with E-state index in [0.717, 1.165) is 17.0 Å². The Morgan fingerprint density at radius 2 is 1.91 bits per heavy atom. The minimum Gasteiger partial charge on any atom is -0.484 e. The average molecular weight is 298 g/mol. The van der Waals surface area contributed by atoms with Gasteiger partial charge in [-0.05, 0) is 24.6 Å². The Balaban J connectivity index is 1.61. The van der Waals surface area contributed by atoms with Crippen LogP contribution < -0.4 is 4.74 Å². The summed E-state index contributed by atoms with van der Waals surface area (Å²) in [5, 5.41) is 4.23. The van der Waals surface area contributed by atoms with Crippen molar-refractivity contribution in [1.82, 2.24) is 19.7 Å². The van der Waals surface area contributed by atoms with Crippen molar-refractivity contribution in [3.05, 3.63) is 71.8 Å². The number of aromatic nitrogens is 4. The molecule has 1 aromatic carbocycles. The largest absolute Gasteiger partial charge is 0.484 e. The van der Waals surface area contributed by atoms with Crippen LogP contribution in [0.15, 0.2) is 49.1 Å². The number of aryl methyl sites for hydroxylation is 1. The Morgan fingerprint density at radius 1 is 1.14 bits per heavy atom. The van der Waals surface area contributed by atoms with E-state index in [1.54, 1.807) is 41.6 Å². The Hall–Kier alpha value is -2.76. The molecule has 0 N–H and O–H groups in total. The molecule has 0 bridgehead atoms. The standard InChI is InChI=1S/C16H15FN4O/c1-12-16(19-7-6-18-12)11-22-15-8-20-21(10-15)9-13-2-4-14(17)5-3-13/h2-8,10H,9,11H2,1H3. The van der Waals surface area contributed by atoms with Crippen molar-refractivity contribution in [3.8, 4) is 5.75 Å². The minimum absolute atomic E-state index is 0.243. The molecule has 0 aliphatic rings. The molecule has 0 aliphatic heterocycles. The van der Waals surface area contributed by atoms with Gasteiger partial charge in [-0.2, -0.15) is 5.10 Å². The van der Waals surface area contributed by atoms with Crippen LogP contribution in [0.4, 0.5) is 4.39 Å². The van der Waals surface area contributed by atoms with Gasteiger partial charge >= 0.3 is 0 Å². The molecule has 5 nitrogen and oxygen atoms in total. The third kappa shape index (κ3) is 3.46. The highest BCUT2D eigenvalue weighted by molar-refractivity contribution is 5.18. The van der Waals surface area contributed by atoms with Crippen LogP contribution >= 0.6 is 0 Å². The molecule has 0 amide bonds. The van der Waals surface area contributed by atoms with Crippen LogP contribution in [-0.4, -0.2) is 19.7 Å². The highest BCUT2D eigenvalue weighted by Gasteiger charge is 2.04. The van der Waals surface area contributed by atoms with Gasteiger partial charge in [-0.25, -0.2) is 4.39 Å². The van der Waals surface area contributed by atoms with Crippen molar-refractivity contribution < 1.29 is 9.13 Å². The lowest BCUT2D eigenvalue weighted by atomic mass is 10.2. The van der Waals surface area contributed by atoms with E-state index in [0.29, 0.717) is 18.9 Å². The van der Waals surface area contributed by atoms with Gasteiger partial charge in [-0.15, -0.1) is 0 Å². The van der Waals surface area contributed by atoms with Crippen LogP contribution in [0.2, 0.25) is 0 Å². The van der Waals surface area contributed by atoms with Gasteiger partial charge in [0.15, 0.2) is 5.75 Å². The number of rotatable bonds is 5. The summed E-state index contributed by atoms with van der Waals surface area (Å²) < 4.78 is 20.3. The lowest BCUT2D eigenvalue weighted by Gasteiger charge is -2.04. The Morgan fingerprint density at radius 3 is 2.68 bits per heavy atom. The molecule has 6 heteroatoms. The number of ether oxygens (including phenoxy) is 1. The summed E-state index contributed by atoms with van der Waals surface area (Å²) in [6, 6.07) is 6.35. The van der Waals surface area contributed by atoms with Crippen LogP contribution in [-0.2, 0) is 13.2 Å². The Labute approximate surface area is 127 Å². The van der Waals surface area contributed by atoms with Crippen LogP contribution in [0.3, 0.4) is 0 Å². The number of benzene rings is 1. The molecule has 2 heterocycles. The molecule has 22 heavy (non-hydrogen) atoms. The number of halogens is 1. The van der Waals surface area contributed by atoms with Crippen molar-refractivity contribution >= 4 is 0 Å². The molecule has 0 spiro atoms. The summed E-state index contributed by atoms with van der Waals surface area (Å²) in [5.41, 5.74) is 2.62. The van der Waals surface area contributed by atoms with Crippen molar-refractivity contribution in [3.63, 3.8) is 0 Å². The topological polar surface area (TPSA) is 52.8 Å². The summed E-state index contributed by atoms with van der Waals surface area (Å²) in [7, 11) is 0. The maximum Gasteiger partial charge on any atom is 0.157 e. The van der Waals surface area contributed by atoms with Crippen molar-refractivity contribution in [2.45, 2.75) is 20.1 Å². The molecule has 3 aromatic rings. The monoisotopic (exact) mass is 298 g/mol. The third-order valence-electron chi connectivity index (χ3n) is 3.23. The van der Waals surface area contributed by atoms with E-state index in [1.807, 2.05) is 6.92 Å². The Bertz CT molecular complexity index is 755. The first-order valence-electron chi connectivity index (χ1n) is 6.87. The summed E-state index contributed by atoms with van der Waals surface area (Å²) in [4.78, 5) is 8.39. The zero-order valence-corrected chi connectivity index (χ0v) is 12.1. The molecule has 0 atom stereocenters. The van der Waals surface area contributed by atoms with Crippen LogP contribution in [0.25, 0.3) is 0 Å². The van der Waals surface area contributed by atoms with Gasteiger partial charge < -0.3 is 4.74 Å². The van der Waals surface area contributed by atoms with Gasteiger partial charge in [0.25, 0.3) is 0 Å². The van der Waals surface area contributed by atoms with Gasteiger partial charge in [0.1, 0.15) is 12.4 Å². The van der Waals surface area contributed by atoms with Crippen molar-refractivity contribution in [1.29, 1.82) is 0 Å². The zero-order chi connectivity index (χ0) is 15.4. The SMILES string of the molecule is Cc1nccnc1COc1cnn(Cc2ccc(F)cc2)c1. The van der Waals surface area contributed by atoms with E-state index in [1.165, 1.54) is 12.1 Å². The van der Waals surface area contributed by atoms with E-state index in [9.17, 15) is 4.39 Å². The lowest BCUT2D eigenvalue weighted by Crippen LogP contribution is -2.02. The van der Waals surface area contributed by atoms with Gasteiger partial charge in [0.2, 0.25) is 0 Å². The first-order chi connectivity index (χ1) is 10.7. The molecular formula is C16H15FN4O. The van der Waals surface area contributed by atoms with Gasteiger partial charge in [-0.1, -0.05) is 12.1 Å². The van der Waals surface area contributed by atoms with Crippen LogP contribution in [0, 0.1) is 12.7 Å². The first-order valence-corrected chi connectivity index (χ1v) is 6.87. The fourth-order valence-corrected chi connectivity index (χ4v) is 2.01. The molecule has 0 radical (unpaired) electrons. The summed E-state index contributed by atoms with van der Waals surface area (Å²) in [6.45, 7) is 2.80. The van der Waals surface area contributed by atoms with E-state index in [-0.39, 0.29) is 5.82 Å². The van der Waals surface area contributed by atoms with Crippen LogP contribution in [0.1, 0.15) is 17.0 Å². The molecule has 0 aliphatic carbocycles. The molecule has 0 saturated carbocycles. The normalized spacial score (nSPS) is 10.6. The summed E-state index contributed by atoms with van der Waals surface area (Å²) in [6.07, 6.45) is 6.74. The maximum atomic E-state index is 12.9. The predicted octanol–water partition coefficient (Wildman–Crippen LogP) is 2.75. The first kappa shape index (κ1) is 14.2. The number of nitrogens with zero attached hydrogens (tertiary/aromatic N) is 4. The van der Waals surface area contributed by atoms with E-state index < -0.39 is 0 Å². The fraction of sp³-hybridized carbons (Fsp3) is 0.188. The van der Waals surface area contributed by atoms with Gasteiger partial charge in [0.05, 0.1) is 30.3 Å². The second kappa shape index (κ2) is 6.34. The summed E-state index contributed by atoms with van der Waals surface area (Å²) in [5.74, 6) is 0.416. The molecule has 2 aromatic heterocycles. The smallest absolute Gasteiger partial charge is 0.157 e. The molecule has 0 unspecified atom stereocenters. The number of hydrogen-bond donors (Lipinski definition) is 0. The fourth-order valence-electron chi connectivity index (χ4n) is 2.01. The highest BCUT2D eigenvalue weighted by Crippen LogP contribution is 2.13. The van der Waals surface area contributed by atoms with E-state index in [4.69, 9.17) is 4.74 Å². The maximum absolute atomic E-state index is 12.9. The van der Waals surface area contributed by atoms with Crippen molar-refractivity contribution in [2.75, 3.05) is 0 Å². The Kier molecular flexibility index (Phi) is 4.09. The average Bonchev–Trinajstić information content (AvgIpc) is 2.96. The van der Waals surface area contributed by atoms with Gasteiger partial charge in [0, 0.05) is 12.4 Å². The molecule has 112 valence electrons. The zero-order valence-electron chi connectivity index (χ0n) is 12.1. The number of hydrogen-bond acceptors (Lipinski definition) is 4. The summed E-state index contributed by atoms with van der Waals surface area (Å²) >= 11 is 0. The molecule has 0 fully saturated rings. The molecular weight excluding hydrogens is 283 g/mol. The van der Waals surface area contributed by atoms with Gasteiger partial charge in [-0.3, -0.25) is 14.6 Å². The third-order valence-corrected chi connectivity index (χ3v) is 3.23. The molecule has 0 saturated heterocycles. The second-order valence-electron chi connectivity index (χ2n) is 4.88. The second-order valence-corrected chi connectivity index (χ2v) is 4.88. The quantitative estimate of drug-likeness (QED) is 0.727. The van der Waals surface area contributed by atoms with Crippen LogP contribution in [0.5, 0.6) is 5.75 Å². The predicted molar refractivity (Wildman–Crippen MR) is 78.8 cm³/mol. The minimum atomic E-state index is -0.243. The van der Waals surface area contributed by atoms with Crippen molar-refractivity contribution in [2.24, 2.45) is 0 Å².